The number of esters is 1. The first-order valence-corrected chi connectivity index (χ1v) is 5.56. The van der Waals surface area contributed by atoms with E-state index in [9.17, 15) is 4.79 Å². The third kappa shape index (κ3) is 9.69. The highest BCUT2D eigenvalue weighted by molar-refractivity contribution is 5.71. The zero-order chi connectivity index (χ0) is 11.5. The van der Waals surface area contributed by atoms with Gasteiger partial charge < -0.3 is 14.8 Å². The van der Waals surface area contributed by atoms with Crippen molar-refractivity contribution in [2.24, 2.45) is 5.92 Å². The molecule has 4 nitrogen and oxygen atoms in total. The van der Waals surface area contributed by atoms with Crippen molar-refractivity contribution in [3.05, 3.63) is 0 Å². The largest absolute Gasteiger partial charge is 0.464 e. The Morgan fingerprint density at radius 3 is 2.80 bits per heavy atom. The van der Waals surface area contributed by atoms with Crippen LogP contribution in [0, 0.1) is 5.92 Å². The van der Waals surface area contributed by atoms with E-state index in [1.165, 1.54) is 0 Å². The van der Waals surface area contributed by atoms with Gasteiger partial charge in [0.15, 0.2) is 0 Å². The summed E-state index contributed by atoms with van der Waals surface area (Å²) in [6, 6.07) is 0. The first-order valence-electron chi connectivity index (χ1n) is 5.56. The standard InChI is InChI=1S/C11H23NO3/c1-4-5-10(2)9-15-11(13)8-12-6-7-14-3/h10,12H,4-9H2,1-3H3. The Labute approximate surface area is 92.3 Å². The van der Waals surface area contributed by atoms with Gasteiger partial charge in [0.2, 0.25) is 0 Å². The average molecular weight is 217 g/mol. The fraction of sp³-hybridized carbons (Fsp3) is 0.909. The van der Waals surface area contributed by atoms with Gasteiger partial charge in [-0.2, -0.15) is 0 Å². The summed E-state index contributed by atoms with van der Waals surface area (Å²) >= 11 is 0. The minimum atomic E-state index is -0.186. The first kappa shape index (κ1) is 14.4. The number of ether oxygens (including phenoxy) is 2. The molecule has 1 unspecified atom stereocenters. The molecule has 15 heavy (non-hydrogen) atoms. The number of carbonyl (C=O) groups excluding carboxylic acids is 1. The number of rotatable bonds is 9. The van der Waals surface area contributed by atoms with Crippen molar-refractivity contribution in [3.8, 4) is 0 Å². The smallest absolute Gasteiger partial charge is 0.319 e. The molecule has 1 atom stereocenters. The zero-order valence-electron chi connectivity index (χ0n) is 10.0. The van der Waals surface area contributed by atoms with E-state index in [-0.39, 0.29) is 12.5 Å². The van der Waals surface area contributed by atoms with Gasteiger partial charge in [0.25, 0.3) is 0 Å². The number of nitrogens with one attached hydrogen (secondary N) is 1. The van der Waals surface area contributed by atoms with Gasteiger partial charge in [-0.3, -0.25) is 4.79 Å². The minimum Gasteiger partial charge on any atom is -0.464 e. The second-order valence-corrected chi connectivity index (χ2v) is 3.75. The summed E-state index contributed by atoms with van der Waals surface area (Å²) in [6.45, 7) is 6.30. The van der Waals surface area contributed by atoms with E-state index >= 15 is 0 Å². The van der Waals surface area contributed by atoms with Crippen LogP contribution in [0.5, 0.6) is 0 Å². The van der Waals surface area contributed by atoms with Crippen LogP contribution >= 0.6 is 0 Å². The first-order chi connectivity index (χ1) is 7.20. The van der Waals surface area contributed by atoms with Gasteiger partial charge in [-0.25, -0.2) is 0 Å². The van der Waals surface area contributed by atoms with Crippen LogP contribution in [0.2, 0.25) is 0 Å². The molecule has 0 aliphatic rings. The van der Waals surface area contributed by atoms with Crippen LogP contribution in [0.4, 0.5) is 0 Å². The van der Waals surface area contributed by atoms with Gasteiger partial charge in [-0.1, -0.05) is 20.3 Å². The Morgan fingerprint density at radius 1 is 1.47 bits per heavy atom. The van der Waals surface area contributed by atoms with Crippen LogP contribution in [-0.4, -0.2) is 39.4 Å². The highest BCUT2D eigenvalue weighted by atomic mass is 16.5. The fourth-order valence-electron chi connectivity index (χ4n) is 1.23. The summed E-state index contributed by atoms with van der Waals surface area (Å²) in [5, 5.41) is 2.94. The molecule has 0 saturated heterocycles. The van der Waals surface area contributed by atoms with Crippen molar-refractivity contribution in [3.63, 3.8) is 0 Å². The summed E-state index contributed by atoms with van der Waals surface area (Å²) in [5.41, 5.74) is 0. The Morgan fingerprint density at radius 2 is 2.20 bits per heavy atom. The molecule has 0 rings (SSSR count). The number of hydrogen-bond acceptors (Lipinski definition) is 4. The monoisotopic (exact) mass is 217 g/mol. The summed E-state index contributed by atoms with van der Waals surface area (Å²) in [7, 11) is 1.63. The lowest BCUT2D eigenvalue weighted by molar-refractivity contribution is -0.143. The molecule has 90 valence electrons. The molecule has 4 heteroatoms. The van der Waals surface area contributed by atoms with Crippen molar-refractivity contribution in [1.82, 2.24) is 5.32 Å². The minimum absolute atomic E-state index is 0.186. The Hall–Kier alpha value is -0.610. The van der Waals surface area contributed by atoms with Crippen LogP contribution in [-0.2, 0) is 14.3 Å². The van der Waals surface area contributed by atoms with Crippen molar-refractivity contribution >= 4 is 5.97 Å². The average Bonchev–Trinajstić information content (AvgIpc) is 2.22. The Kier molecular flexibility index (Phi) is 9.52. The Bertz CT molecular complexity index is 162. The fourth-order valence-corrected chi connectivity index (χ4v) is 1.23. The molecule has 0 aliphatic carbocycles. The van der Waals surface area contributed by atoms with Gasteiger partial charge in [-0.15, -0.1) is 0 Å². The van der Waals surface area contributed by atoms with Crippen LogP contribution < -0.4 is 5.32 Å². The lowest BCUT2D eigenvalue weighted by Crippen LogP contribution is -2.28. The second-order valence-electron chi connectivity index (χ2n) is 3.75. The SMILES string of the molecule is CCCC(C)COC(=O)CNCCOC. The molecule has 0 heterocycles. The van der Waals surface area contributed by atoms with E-state index in [0.717, 1.165) is 12.8 Å². The predicted molar refractivity (Wildman–Crippen MR) is 59.8 cm³/mol. The molecule has 1 N–H and O–H groups in total. The summed E-state index contributed by atoms with van der Waals surface area (Å²) in [6.07, 6.45) is 2.23. The highest BCUT2D eigenvalue weighted by Gasteiger charge is 2.05. The van der Waals surface area contributed by atoms with Gasteiger partial charge in [-0.05, 0) is 12.3 Å². The molecular formula is C11H23NO3. The summed E-state index contributed by atoms with van der Waals surface area (Å²) in [5.74, 6) is 0.270. The normalized spacial score (nSPS) is 12.5. The molecule has 0 aromatic rings. The van der Waals surface area contributed by atoms with Crippen LogP contribution in [0.25, 0.3) is 0 Å². The third-order valence-electron chi connectivity index (χ3n) is 2.06. The van der Waals surface area contributed by atoms with Gasteiger partial charge in [0.05, 0.1) is 19.8 Å². The van der Waals surface area contributed by atoms with Crippen molar-refractivity contribution < 1.29 is 14.3 Å². The van der Waals surface area contributed by atoms with Gasteiger partial charge in [0.1, 0.15) is 0 Å². The lowest BCUT2D eigenvalue weighted by Gasteiger charge is -2.11. The molecule has 0 aromatic carbocycles. The maximum atomic E-state index is 11.2. The van der Waals surface area contributed by atoms with E-state index in [0.29, 0.717) is 25.7 Å². The molecule has 0 aromatic heterocycles. The Balaban J connectivity index is 3.32. The second kappa shape index (κ2) is 9.93. The van der Waals surface area contributed by atoms with Crippen LogP contribution in [0.3, 0.4) is 0 Å². The molecule has 0 radical (unpaired) electrons. The lowest BCUT2D eigenvalue weighted by atomic mass is 10.1. The summed E-state index contributed by atoms with van der Waals surface area (Å²) < 4.78 is 9.93. The summed E-state index contributed by atoms with van der Waals surface area (Å²) in [4.78, 5) is 11.2. The predicted octanol–water partition coefficient (Wildman–Crippen LogP) is 1.20. The van der Waals surface area contributed by atoms with E-state index in [1.807, 2.05) is 0 Å². The van der Waals surface area contributed by atoms with Gasteiger partial charge >= 0.3 is 5.97 Å². The van der Waals surface area contributed by atoms with E-state index in [4.69, 9.17) is 9.47 Å². The quantitative estimate of drug-likeness (QED) is 0.466. The molecule has 0 amide bonds. The molecule has 0 fully saturated rings. The van der Waals surface area contributed by atoms with Crippen molar-refractivity contribution in [2.45, 2.75) is 26.7 Å². The zero-order valence-corrected chi connectivity index (χ0v) is 10.0. The van der Waals surface area contributed by atoms with E-state index in [1.54, 1.807) is 7.11 Å². The van der Waals surface area contributed by atoms with Crippen LogP contribution in [0.15, 0.2) is 0 Å². The number of carbonyl (C=O) groups is 1. The molecular weight excluding hydrogens is 194 g/mol. The molecule has 0 aliphatic heterocycles. The van der Waals surface area contributed by atoms with Crippen molar-refractivity contribution in [1.29, 1.82) is 0 Å². The maximum absolute atomic E-state index is 11.2. The van der Waals surface area contributed by atoms with Crippen molar-refractivity contribution in [2.75, 3.05) is 33.4 Å². The number of methoxy groups -OCH3 is 1. The van der Waals surface area contributed by atoms with Crippen LogP contribution in [0.1, 0.15) is 26.7 Å². The van der Waals surface area contributed by atoms with E-state index in [2.05, 4.69) is 19.2 Å². The van der Waals surface area contributed by atoms with E-state index < -0.39 is 0 Å². The third-order valence-corrected chi connectivity index (χ3v) is 2.06. The number of hydrogen-bond donors (Lipinski definition) is 1. The highest BCUT2D eigenvalue weighted by Crippen LogP contribution is 2.04. The molecule has 0 saturated carbocycles. The topological polar surface area (TPSA) is 47.6 Å². The maximum Gasteiger partial charge on any atom is 0.319 e. The molecule has 0 bridgehead atoms. The van der Waals surface area contributed by atoms with Gasteiger partial charge in [0, 0.05) is 13.7 Å². The molecule has 0 spiro atoms.